The van der Waals surface area contributed by atoms with Gasteiger partial charge in [-0.05, 0) is 57.7 Å². The van der Waals surface area contributed by atoms with Crippen LogP contribution in [0.1, 0.15) is 64.5 Å². The van der Waals surface area contributed by atoms with Gasteiger partial charge in [-0.3, -0.25) is 14.5 Å². The van der Waals surface area contributed by atoms with Gasteiger partial charge in [-0.15, -0.1) is 0 Å². The van der Waals surface area contributed by atoms with E-state index >= 15 is 0 Å². The first-order chi connectivity index (χ1) is 22.3. The second-order valence-electron chi connectivity index (χ2n) is 13.3. The maximum Gasteiger partial charge on any atom is 0.410 e. The highest BCUT2D eigenvalue weighted by molar-refractivity contribution is 6.31. The Morgan fingerprint density at radius 3 is 2.68 bits per heavy atom. The van der Waals surface area contributed by atoms with Crippen LogP contribution in [0.4, 0.5) is 9.59 Å². The van der Waals surface area contributed by atoms with Crippen LogP contribution in [0.25, 0.3) is 0 Å². The third kappa shape index (κ3) is 8.01. The molecule has 0 spiro atoms. The first-order valence-corrected chi connectivity index (χ1v) is 16.4. The van der Waals surface area contributed by atoms with Crippen LogP contribution in [-0.2, 0) is 46.4 Å². The molecule has 1 saturated heterocycles. The van der Waals surface area contributed by atoms with E-state index in [9.17, 15) is 24.0 Å². The molecule has 1 aliphatic carbocycles. The predicted molar refractivity (Wildman–Crippen MR) is 169 cm³/mol. The molecule has 2 N–H and O–H groups in total. The van der Waals surface area contributed by atoms with E-state index in [4.69, 9.17) is 30.5 Å². The van der Waals surface area contributed by atoms with Crippen molar-refractivity contribution in [3.8, 4) is 0 Å². The van der Waals surface area contributed by atoms with Crippen LogP contribution in [0, 0.1) is 5.92 Å². The van der Waals surface area contributed by atoms with Crippen molar-refractivity contribution in [2.45, 2.75) is 95.8 Å². The van der Waals surface area contributed by atoms with Crippen molar-refractivity contribution in [3.05, 3.63) is 46.5 Å². The number of hydrogen-bond donors (Lipinski definition) is 2. The molecule has 1 aromatic carbocycles. The fraction of sp³-hybridized carbons (Fsp3) is 0.606. The molecule has 0 unspecified atom stereocenters. The van der Waals surface area contributed by atoms with E-state index in [1.807, 2.05) is 24.3 Å². The SMILES string of the molecule is CCOC(=O)[C@@]12C[C@@H]1/C=C\CCOCC[C@H](NC(=O)OC(C)(C)C)C(=O)N1C[C@H](OC(=O)N3Cc4cccc(Cl)c4C3)C[C@H]1C(=O)N2. The number of fused-ring (bicyclic) bond motifs is 3. The summed E-state index contributed by atoms with van der Waals surface area (Å²) in [4.78, 5) is 70.1. The van der Waals surface area contributed by atoms with Crippen molar-refractivity contribution in [2.75, 3.05) is 26.4 Å². The van der Waals surface area contributed by atoms with Gasteiger partial charge in [0, 0.05) is 36.9 Å². The highest BCUT2D eigenvalue weighted by atomic mass is 35.5. The number of alkyl carbamates (subject to hydrolysis) is 1. The number of halogens is 1. The summed E-state index contributed by atoms with van der Waals surface area (Å²) in [6, 6.07) is 3.27. The van der Waals surface area contributed by atoms with Crippen molar-refractivity contribution in [3.63, 3.8) is 0 Å². The number of ether oxygens (including phenoxy) is 4. The second kappa shape index (κ2) is 14.1. The van der Waals surface area contributed by atoms with Crippen LogP contribution in [0.5, 0.6) is 0 Å². The molecule has 4 amide bonds. The molecule has 2 fully saturated rings. The zero-order valence-corrected chi connectivity index (χ0v) is 28.0. The number of amides is 4. The molecule has 3 aliphatic heterocycles. The van der Waals surface area contributed by atoms with Crippen LogP contribution >= 0.6 is 11.6 Å². The summed E-state index contributed by atoms with van der Waals surface area (Å²) in [5.74, 6) is -1.99. The monoisotopic (exact) mass is 674 g/mol. The fourth-order valence-electron chi connectivity index (χ4n) is 6.24. The summed E-state index contributed by atoms with van der Waals surface area (Å²) in [6.45, 7) is 7.93. The highest BCUT2D eigenvalue weighted by Gasteiger charge is 2.62. The number of hydrogen-bond acceptors (Lipinski definition) is 9. The summed E-state index contributed by atoms with van der Waals surface area (Å²) in [7, 11) is 0. The maximum atomic E-state index is 14.1. The number of benzene rings is 1. The molecular formula is C33H43ClN4O9. The topological polar surface area (TPSA) is 153 Å². The van der Waals surface area contributed by atoms with Crippen LogP contribution < -0.4 is 10.6 Å². The predicted octanol–water partition coefficient (Wildman–Crippen LogP) is 3.46. The highest BCUT2D eigenvalue weighted by Crippen LogP contribution is 2.46. The van der Waals surface area contributed by atoms with Crippen LogP contribution in [-0.4, -0.2) is 95.5 Å². The van der Waals surface area contributed by atoms with Gasteiger partial charge in [0.15, 0.2) is 0 Å². The van der Waals surface area contributed by atoms with Crippen LogP contribution in [0.15, 0.2) is 30.4 Å². The van der Waals surface area contributed by atoms with E-state index in [1.54, 1.807) is 33.8 Å². The number of nitrogens with zero attached hydrogens (tertiary/aromatic N) is 2. The van der Waals surface area contributed by atoms with E-state index in [1.165, 1.54) is 9.80 Å². The molecule has 1 aromatic rings. The Morgan fingerprint density at radius 2 is 1.96 bits per heavy atom. The molecule has 1 saturated carbocycles. The van der Waals surface area contributed by atoms with Gasteiger partial charge in [0.25, 0.3) is 0 Å². The fourth-order valence-corrected chi connectivity index (χ4v) is 6.49. The Hall–Kier alpha value is -3.84. The van der Waals surface area contributed by atoms with Gasteiger partial charge < -0.3 is 34.5 Å². The number of esters is 1. The lowest BCUT2D eigenvalue weighted by Gasteiger charge is -2.30. The van der Waals surface area contributed by atoms with Gasteiger partial charge in [-0.1, -0.05) is 35.9 Å². The first-order valence-electron chi connectivity index (χ1n) is 16.1. The third-order valence-corrected chi connectivity index (χ3v) is 8.99. The van der Waals surface area contributed by atoms with Crippen LogP contribution in [0.2, 0.25) is 5.02 Å². The summed E-state index contributed by atoms with van der Waals surface area (Å²) in [5.41, 5.74) is -0.329. The quantitative estimate of drug-likeness (QED) is 0.278. The van der Waals surface area contributed by atoms with Gasteiger partial charge in [0.05, 0.1) is 26.3 Å². The van der Waals surface area contributed by atoms with E-state index in [0.29, 0.717) is 31.0 Å². The summed E-state index contributed by atoms with van der Waals surface area (Å²) in [5, 5.41) is 6.08. The largest absolute Gasteiger partial charge is 0.464 e. The Labute approximate surface area is 279 Å². The molecule has 5 rings (SSSR count). The number of carbonyl (C=O) groups is 5. The normalized spacial score (nSPS) is 28.4. The van der Waals surface area contributed by atoms with Crippen LogP contribution in [0.3, 0.4) is 0 Å². The average molecular weight is 675 g/mol. The Bertz CT molecular complexity index is 1430. The Kier molecular flexibility index (Phi) is 10.4. The number of rotatable bonds is 4. The minimum absolute atomic E-state index is 0.0140. The summed E-state index contributed by atoms with van der Waals surface area (Å²) < 4.78 is 22.4. The molecule has 3 heterocycles. The molecular weight excluding hydrogens is 632 g/mol. The molecule has 0 aromatic heterocycles. The van der Waals surface area contributed by atoms with Crippen molar-refractivity contribution < 1.29 is 42.9 Å². The van der Waals surface area contributed by atoms with Gasteiger partial charge >= 0.3 is 18.2 Å². The molecule has 0 bridgehead atoms. The number of nitrogens with one attached hydrogen (secondary N) is 2. The molecule has 13 nitrogen and oxygen atoms in total. The average Bonchev–Trinajstić information content (AvgIpc) is 3.31. The summed E-state index contributed by atoms with van der Waals surface area (Å²) >= 11 is 6.34. The van der Waals surface area contributed by atoms with Gasteiger partial charge in [-0.2, -0.15) is 0 Å². The van der Waals surface area contributed by atoms with Crippen molar-refractivity contribution >= 4 is 41.6 Å². The lowest BCUT2D eigenvalue weighted by Crippen LogP contribution is -2.57. The van der Waals surface area contributed by atoms with Gasteiger partial charge in [-0.25, -0.2) is 14.4 Å². The molecule has 0 radical (unpaired) electrons. The van der Waals surface area contributed by atoms with E-state index in [0.717, 1.165) is 11.1 Å². The minimum Gasteiger partial charge on any atom is -0.464 e. The number of carbonyl (C=O) groups excluding carboxylic acids is 5. The van der Waals surface area contributed by atoms with Crippen molar-refractivity contribution in [2.24, 2.45) is 5.92 Å². The maximum absolute atomic E-state index is 14.1. The molecule has 47 heavy (non-hydrogen) atoms. The second-order valence-corrected chi connectivity index (χ2v) is 13.7. The van der Waals surface area contributed by atoms with E-state index in [2.05, 4.69) is 10.6 Å². The molecule has 4 aliphatic rings. The zero-order chi connectivity index (χ0) is 33.9. The molecule has 14 heteroatoms. The van der Waals surface area contributed by atoms with E-state index in [-0.39, 0.29) is 45.1 Å². The Balaban J connectivity index is 1.38. The first kappa shape index (κ1) is 34.5. The smallest absolute Gasteiger partial charge is 0.410 e. The van der Waals surface area contributed by atoms with Crippen molar-refractivity contribution in [1.82, 2.24) is 20.4 Å². The lowest BCUT2D eigenvalue weighted by atomic mass is 10.1. The van der Waals surface area contributed by atoms with Gasteiger partial charge in [0.2, 0.25) is 11.8 Å². The van der Waals surface area contributed by atoms with Crippen molar-refractivity contribution in [1.29, 1.82) is 0 Å². The minimum atomic E-state index is -1.27. The van der Waals surface area contributed by atoms with Gasteiger partial charge in [0.1, 0.15) is 29.3 Å². The molecule has 256 valence electrons. The Morgan fingerprint density at radius 1 is 1.17 bits per heavy atom. The molecule has 5 atom stereocenters. The van der Waals surface area contributed by atoms with E-state index < -0.39 is 59.3 Å². The zero-order valence-electron chi connectivity index (χ0n) is 27.2. The summed E-state index contributed by atoms with van der Waals surface area (Å²) in [6.07, 6.45) is 2.51. The standard InChI is InChI=1S/C33H43ClN4O9/c1-5-45-29(41)33-16-21(33)10-6-7-13-44-14-12-25(35-30(42)47-32(2,3)4)28(40)38-18-22(15-26(38)27(39)36-33)46-31(43)37-17-20-9-8-11-24(34)23(20)19-37/h6,8-11,21-22,25-26H,5,7,12-19H2,1-4H3,(H,35,42)(H,36,39)/b10-6-/t21-,22+,25-,26-,33+/m0/s1. The lowest BCUT2D eigenvalue weighted by molar-refractivity contribution is -0.150. The third-order valence-electron chi connectivity index (χ3n) is 8.64.